The number of amides is 1. The molecule has 144 valence electrons. The van der Waals surface area contributed by atoms with E-state index in [1.807, 2.05) is 30.3 Å². The predicted molar refractivity (Wildman–Crippen MR) is 98.0 cm³/mol. The van der Waals surface area contributed by atoms with E-state index in [9.17, 15) is 23.1 Å². The van der Waals surface area contributed by atoms with Crippen molar-refractivity contribution in [3.63, 3.8) is 0 Å². The highest BCUT2D eigenvalue weighted by Gasteiger charge is 2.40. The van der Waals surface area contributed by atoms with Crippen molar-refractivity contribution in [1.82, 2.24) is 9.62 Å². The van der Waals surface area contributed by atoms with Gasteiger partial charge < -0.3 is 10.4 Å². The molecule has 2 atom stereocenters. The van der Waals surface area contributed by atoms with Crippen molar-refractivity contribution >= 4 is 21.9 Å². The number of nitrogens with one attached hydrogen (secondary N) is 1. The van der Waals surface area contributed by atoms with Gasteiger partial charge in [-0.05, 0) is 24.3 Å². The smallest absolute Gasteiger partial charge is 0.308 e. The Bertz CT molecular complexity index is 733. The maximum atomic E-state index is 12.6. The van der Waals surface area contributed by atoms with Gasteiger partial charge in [0.1, 0.15) is 6.04 Å². The SMILES string of the molecule is CC(C)C(C(=O)NCC(Cc1ccccc1)C(=O)O)N1CCCS1(=O)=O. The molecule has 0 radical (unpaired) electrons. The lowest BCUT2D eigenvalue weighted by atomic mass is 9.98. The van der Waals surface area contributed by atoms with Gasteiger partial charge in [-0.2, -0.15) is 4.31 Å². The first-order valence-corrected chi connectivity index (χ1v) is 10.4. The Balaban J connectivity index is 2.04. The summed E-state index contributed by atoms with van der Waals surface area (Å²) in [5, 5.41) is 12.1. The Kier molecular flexibility index (Phi) is 6.77. The van der Waals surface area contributed by atoms with E-state index in [2.05, 4.69) is 5.32 Å². The van der Waals surface area contributed by atoms with Gasteiger partial charge in [-0.25, -0.2) is 8.42 Å². The van der Waals surface area contributed by atoms with Crippen LogP contribution in [-0.2, 0) is 26.0 Å². The predicted octanol–water partition coefficient (Wildman–Crippen LogP) is 1.11. The molecule has 1 heterocycles. The summed E-state index contributed by atoms with van der Waals surface area (Å²) in [6.07, 6.45) is 0.801. The van der Waals surface area contributed by atoms with E-state index in [-0.39, 0.29) is 18.2 Å². The summed E-state index contributed by atoms with van der Waals surface area (Å²) in [6.45, 7) is 3.86. The second-order valence-electron chi connectivity index (χ2n) is 6.94. The number of aliphatic carboxylic acids is 1. The number of rotatable bonds is 8. The lowest BCUT2D eigenvalue weighted by Crippen LogP contribution is -2.51. The van der Waals surface area contributed by atoms with Crippen molar-refractivity contribution < 1.29 is 23.1 Å². The van der Waals surface area contributed by atoms with E-state index in [0.717, 1.165) is 5.56 Å². The van der Waals surface area contributed by atoms with Gasteiger partial charge in [0.15, 0.2) is 0 Å². The monoisotopic (exact) mass is 382 g/mol. The Labute approximate surface area is 154 Å². The zero-order valence-corrected chi connectivity index (χ0v) is 15.9. The Morgan fingerprint density at radius 3 is 2.38 bits per heavy atom. The highest BCUT2D eigenvalue weighted by Crippen LogP contribution is 2.22. The van der Waals surface area contributed by atoms with E-state index in [1.54, 1.807) is 13.8 Å². The molecule has 0 spiro atoms. The topological polar surface area (TPSA) is 104 Å². The van der Waals surface area contributed by atoms with Crippen LogP contribution in [0.1, 0.15) is 25.8 Å². The third-order valence-electron chi connectivity index (χ3n) is 4.55. The molecule has 0 saturated carbocycles. The average Bonchev–Trinajstić information content (AvgIpc) is 2.91. The van der Waals surface area contributed by atoms with Crippen molar-refractivity contribution in [1.29, 1.82) is 0 Å². The summed E-state index contributed by atoms with van der Waals surface area (Å²) in [5.74, 6) is -2.37. The van der Waals surface area contributed by atoms with E-state index >= 15 is 0 Å². The molecule has 0 bridgehead atoms. The molecule has 2 rings (SSSR count). The Morgan fingerprint density at radius 2 is 1.88 bits per heavy atom. The van der Waals surface area contributed by atoms with Crippen LogP contribution in [-0.4, -0.2) is 54.6 Å². The summed E-state index contributed by atoms with van der Waals surface area (Å²) in [4.78, 5) is 24.2. The molecular weight excluding hydrogens is 356 g/mol. The minimum absolute atomic E-state index is 0.0415. The van der Waals surface area contributed by atoms with Gasteiger partial charge >= 0.3 is 5.97 Å². The van der Waals surface area contributed by atoms with E-state index in [0.29, 0.717) is 19.4 Å². The number of carboxylic acid groups (broad SMARTS) is 1. The number of sulfonamides is 1. The molecule has 2 N–H and O–H groups in total. The fraction of sp³-hybridized carbons (Fsp3) is 0.556. The van der Waals surface area contributed by atoms with Gasteiger partial charge in [-0.3, -0.25) is 9.59 Å². The first kappa shape index (κ1) is 20.4. The molecule has 1 amide bonds. The maximum Gasteiger partial charge on any atom is 0.308 e. The van der Waals surface area contributed by atoms with Crippen LogP contribution in [0.25, 0.3) is 0 Å². The zero-order chi connectivity index (χ0) is 19.3. The third kappa shape index (κ3) is 5.04. The number of benzene rings is 1. The van der Waals surface area contributed by atoms with Gasteiger partial charge in [0.05, 0.1) is 11.7 Å². The summed E-state index contributed by atoms with van der Waals surface area (Å²) in [6, 6.07) is 8.38. The van der Waals surface area contributed by atoms with Gasteiger partial charge in [-0.1, -0.05) is 44.2 Å². The molecular formula is C18H26N2O5S. The number of hydrogen-bond donors (Lipinski definition) is 2. The highest BCUT2D eigenvalue weighted by molar-refractivity contribution is 7.89. The normalized spacial score (nSPS) is 19.2. The molecule has 8 heteroatoms. The van der Waals surface area contributed by atoms with Crippen molar-refractivity contribution in [3.8, 4) is 0 Å². The molecule has 26 heavy (non-hydrogen) atoms. The molecule has 0 aromatic heterocycles. The summed E-state index contributed by atoms with van der Waals surface area (Å²) in [5.41, 5.74) is 0.872. The standard InChI is InChI=1S/C18H26N2O5S/c1-13(2)16(20-9-6-10-26(20,24)25)17(21)19-12-15(18(22)23)11-14-7-4-3-5-8-14/h3-5,7-8,13,15-16H,6,9-12H2,1-2H3,(H,19,21)(H,22,23). The van der Waals surface area contributed by atoms with Crippen molar-refractivity contribution in [2.45, 2.75) is 32.7 Å². The van der Waals surface area contributed by atoms with Gasteiger partial charge in [0.2, 0.25) is 15.9 Å². The number of nitrogens with zero attached hydrogens (tertiary/aromatic N) is 1. The van der Waals surface area contributed by atoms with Crippen LogP contribution in [0, 0.1) is 11.8 Å². The van der Waals surface area contributed by atoms with Gasteiger partial charge in [0, 0.05) is 13.1 Å². The number of carbonyl (C=O) groups is 2. The molecule has 2 unspecified atom stereocenters. The van der Waals surface area contributed by atoms with Crippen molar-refractivity contribution in [2.24, 2.45) is 11.8 Å². The van der Waals surface area contributed by atoms with Crippen molar-refractivity contribution in [2.75, 3.05) is 18.8 Å². The van der Waals surface area contributed by atoms with E-state index in [4.69, 9.17) is 0 Å². The van der Waals surface area contributed by atoms with E-state index in [1.165, 1.54) is 4.31 Å². The molecule has 1 aromatic rings. The Morgan fingerprint density at radius 1 is 1.23 bits per heavy atom. The van der Waals surface area contributed by atoms with Crippen LogP contribution < -0.4 is 5.32 Å². The van der Waals surface area contributed by atoms with Crippen LogP contribution in [0.15, 0.2) is 30.3 Å². The third-order valence-corrected chi connectivity index (χ3v) is 6.47. The zero-order valence-electron chi connectivity index (χ0n) is 15.1. The second kappa shape index (κ2) is 8.64. The minimum Gasteiger partial charge on any atom is -0.481 e. The molecule has 1 aromatic carbocycles. The first-order valence-electron chi connectivity index (χ1n) is 8.76. The van der Waals surface area contributed by atoms with Crippen LogP contribution in [0.3, 0.4) is 0 Å². The van der Waals surface area contributed by atoms with E-state index < -0.39 is 33.9 Å². The fourth-order valence-corrected chi connectivity index (χ4v) is 5.03. The number of hydrogen-bond acceptors (Lipinski definition) is 4. The highest BCUT2D eigenvalue weighted by atomic mass is 32.2. The summed E-state index contributed by atoms with van der Waals surface area (Å²) >= 11 is 0. The second-order valence-corrected chi connectivity index (χ2v) is 8.98. The average molecular weight is 382 g/mol. The molecule has 1 saturated heterocycles. The minimum atomic E-state index is -3.42. The first-order chi connectivity index (χ1) is 12.2. The van der Waals surface area contributed by atoms with Crippen LogP contribution >= 0.6 is 0 Å². The lowest BCUT2D eigenvalue weighted by Gasteiger charge is -2.29. The van der Waals surface area contributed by atoms with Crippen molar-refractivity contribution in [3.05, 3.63) is 35.9 Å². The quantitative estimate of drug-likeness (QED) is 0.701. The molecule has 0 aliphatic carbocycles. The molecule has 1 fully saturated rings. The van der Waals surface area contributed by atoms with Crippen LogP contribution in [0.4, 0.5) is 0 Å². The molecule has 1 aliphatic heterocycles. The van der Waals surface area contributed by atoms with Gasteiger partial charge in [0.25, 0.3) is 0 Å². The van der Waals surface area contributed by atoms with Crippen LogP contribution in [0.5, 0.6) is 0 Å². The summed E-state index contributed by atoms with van der Waals surface area (Å²) < 4.78 is 25.6. The van der Waals surface area contributed by atoms with Gasteiger partial charge in [-0.15, -0.1) is 0 Å². The number of carbonyl (C=O) groups excluding carboxylic acids is 1. The maximum absolute atomic E-state index is 12.6. The molecule has 7 nitrogen and oxygen atoms in total. The summed E-state index contributed by atoms with van der Waals surface area (Å²) in [7, 11) is -3.42. The van der Waals surface area contributed by atoms with Crippen LogP contribution in [0.2, 0.25) is 0 Å². The largest absolute Gasteiger partial charge is 0.481 e. The Hall–Kier alpha value is -1.93. The fourth-order valence-electron chi connectivity index (χ4n) is 3.21. The lowest BCUT2D eigenvalue weighted by molar-refractivity contribution is -0.141. The molecule has 1 aliphatic rings. The number of carboxylic acids is 1.